The van der Waals surface area contributed by atoms with E-state index in [4.69, 9.17) is 5.73 Å². The van der Waals surface area contributed by atoms with Crippen LogP contribution in [-0.4, -0.2) is 17.4 Å². The van der Waals surface area contributed by atoms with E-state index in [9.17, 15) is 22.4 Å². The zero-order chi connectivity index (χ0) is 16.0. The first-order chi connectivity index (χ1) is 9.73. The van der Waals surface area contributed by atoms with Gasteiger partial charge in [-0.3, -0.25) is 4.79 Å². The minimum absolute atomic E-state index is 0.205. The van der Waals surface area contributed by atoms with Gasteiger partial charge in [-0.1, -0.05) is 18.3 Å². The second-order valence-corrected chi connectivity index (χ2v) is 4.87. The maximum Gasteiger partial charge on any atom is 0.419 e. The minimum atomic E-state index is -4.84. The van der Waals surface area contributed by atoms with Crippen LogP contribution in [0.4, 0.5) is 17.6 Å². The molecule has 3 nitrogen and oxygen atoms in total. The van der Waals surface area contributed by atoms with Crippen molar-refractivity contribution in [2.75, 3.05) is 6.54 Å². The van der Waals surface area contributed by atoms with Crippen LogP contribution in [0.5, 0.6) is 0 Å². The Morgan fingerprint density at radius 3 is 2.52 bits per heavy atom. The van der Waals surface area contributed by atoms with E-state index in [-0.39, 0.29) is 6.54 Å². The van der Waals surface area contributed by atoms with Gasteiger partial charge in [-0.15, -0.1) is 0 Å². The summed E-state index contributed by atoms with van der Waals surface area (Å²) in [5.41, 5.74) is 3.21. The molecule has 1 aromatic carbocycles. The second kappa shape index (κ2) is 7.35. The highest BCUT2D eigenvalue weighted by Gasteiger charge is 2.35. The van der Waals surface area contributed by atoms with Crippen molar-refractivity contribution in [1.29, 1.82) is 0 Å². The molecule has 1 rings (SSSR count). The summed E-state index contributed by atoms with van der Waals surface area (Å²) >= 11 is 4.67. The van der Waals surface area contributed by atoms with Gasteiger partial charge in [0, 0.05) is 6.54 Å². The van der Waals surface area contributed by atoms with E-state index in [0.717, 1.165) is 12.1 Å². The van der Waals surface area contributed by atoms with Crippen molar-refractivity contribution in [2.45, 2.75) is 25.4 Å². The lowest BCUT2D eigenvalue weighted by molar-refractivity contribution is -0.140. The van der Waals surface area contributed by atoms with Crippen molar-refractivity contribution < 1.29 is 22.4 Å². The van der Waals surface area contributed by atoms with Gasteiger partial charge in [0.2, 0.25) is 0 Å². The normalized spacial score (nSPS) is 11.2. The highest BCUT2D eigenvalue weighted by atomic mass is 32.1. The average molecular weight is 322 g/mol. The second-order valence-electron chi connectivity index (χ2n) is 4.34. The van der Waals surface area contributed by atoms with E-state index >= 15 is 0 Å². The molecule has 1 aromatic rings. The zero-order valence-corrected chi connectivity index (χ0v) is 11.8. The van der Waals surface area contributed by atoms with Gasteiger partial charge in [0.05, 0.1) is 16.1 Å². The van der Waals surface area contributed by atoms with E-state index in [1.54, 1.807) is 0 Å². The fraction of sp³-hybridized carbons (Fsp3) is 0.385. The monoisotopic (exact) mass is 322 g/mol. The molecule has 0 aliphatic rings. The Bertz CT molecular complexity index is 531. The first-order valence-electron chi connectivity index (χ1n) is 6.15. The van der Waals surface area contributed by atoms with Gasteiger partial charge in [0.1, 0.15) is 5.82 Å². The van der Waals surface area contributed by atoms with Gasteiger partial charge in [-0.25, -0.2) is 4.39 Å². The van der Waals surface area contributed by atoms with E-state index in [2.05, 4.69) is 17.5 Å². The molecular weight excluding hydrogens is 308 g/mol. The Balaban J connectivity index is 2.65. The Hall–Kier alpha value is -1.70. The van der Waals surface area contributed by atoms with Crippen LogP contribution in [0.1, 0.15) is 35.2 Å². The lowest BCUT2D eigenvalue weighted by Gasteiger charge is -2.11. The lowest BCUT2D eigenvalue weighted by atomic mass is 10.1. The fourth-order valence-corrected chi connectivity index (χ4v) is 1.79. The van der Waals surface area contributed by atoms with Crippen molar-refractivity contribution in [2.24, 2.45) is 5.73 Å². The van der Waals surface area contributed by atoms with Gasteiger partial charge in [0.15, 0.2) is 0 Å². The number of amides is 1. The van der Waals surface area contributed by atoms with Crippen LogP contribution in [0.25, 0.3) is 0 Å². The molecular formula is C13H14F4N2OS. The molecule has 0 spiro atoms. The van der Waals surface area contributed by atoms with E-state index in [1.165, 1.54) is 0 Å². The molecule has 0 atom stereocenters. The molecule has 0 saturated heterocycles. The van der Waals surface area contributed by atoms with Crippen LogP contribution in [0.3, 0.4) is 0 Å². The number of thiocarbonyl (C=S) groups is 1. The SMILES string of the molecule is NC(=S)CCCCNC(=O)c1cccc(C(F)(F)F)c1F. The standard InChI is InChI=1S/C13H14F4N2OS/c14-11-8(4-3-5-9(11)13(15,16)17)12(20)19-7-2-1-6-10(18)21/h3-5H,1-2,6-7H2,(H2,18,21)(H,19,20). The first kappa shape index (κ1) is 17.4. The predicted molar refractivity (Wildman–Crippen MR) is 74.4 cm³/mol. The van der Waals surface area contributed by atoms with Crippen molar-refractivity contribution >= 4 is 23.1 Å². The van der Waals surface area contributed by atoms with Crippen molar-refractivity contribution in [3.8, 4) is 0 Å². The molecule has 0 aliphatic heterocycles. The predicted octanol–water partition coefficient (Wildman–Crippen LogP) is 3.03. The van der Waals surface area contributed by atoms with Gasteiger partial charge >= 0.3 is 6.18 Å². The maximum absolute atomic E-state index is 13.7. The zero-order valence-electron chi connectivity index (χ0n) is 11.0. The van der Waals surface area contributed by atoms with Crippen molar-refractivity contribution in [3.05, 3.63) is 35.1 Å². The van der Waals surface area contributed by atoms with Crippen molar-refractivity contribution in [3.63, 3.8) is 0 Å². The fourth-order valence-electron chi connectivity index (χ4n) is 1.65. The molecule has 8 heteroatoms. The summed E-state index contributed by atoms with van der Waals surface area (Å²) in [7, 11) is 0. The van der Waals surface area contributed by atoms with E-state index in [0.29, 0.717) is 30.3 Å². The molecule has 1 amide bonds. The Labute approximate surface area is 124 Å². The third-order valence-corrected chi connectivity index (χ3v) is 2.89. The Kier molecular flexibility index (Phi) is 6.07. The number of hydrogen-bond donors (Lipinski definition) is 2. The molecule has 0 aliphatic carbocycles. The third-order valence-electron chi connectivity index (χ3n) is 2.68. The van der Waals surface area contributed by atoms with E-state index in [1.807, 2.05) is 0 Å². The molecule has 0 fully saturated rings. The molecule has 116 valence electrons. The molecule has 0 aromatic heterocycles. The van der Waals surface area contributed by atoms with Crippen molar-refractivity contribution in [1.82, 2.24) is 5.32 Å². The summed E-state index contributed by atoms with van der Waals surface area (Å²) in [5.74, 6) is -2.44. The summed E-state index contributed by atoms with van der Waals surface area (Å²) in [4.78, 5) is 12.0. The van der Waals surface area contributed by atoms with Gasteiger partial charge < -0.3 is 11.1 Å². The molecule has 21 heavy (non-hydrogen) atoms. The number of halogens is 4. The first-order valence-corrected chi connectivity index (χ1v) is 6.56. The summed E-state index contributed by atoms with van der Waals surface area (Å²) in [6, 6.07) is 2.59. The summed E-state index contributed by atoms with van der Waals surface area (Å²) in [5, 5.41) is 2.36. The summed E-state index contributed by atoms with van der Waals surface area (Å²) < 4.78 is 51.3. The third kappa shape index (κ3) is 5.30. The lowest BCUT2D eigenvalue weighted by Crippen LogP contribution is -2.26. The number of nitrogens with one attached hydrogen (secondary N) is 1. The smallest absolute Gasteiger partial charge is 0.393 e. The molecule has 0 radical (unpaired) electrons. The highest BCUT2D eigenvalue weighted by Crippen LogP contribution is 2.32. The number of hydrogen-bond acceptors (Lipinski definition) is 2. The number of carbonyl (C=O) groups is 1. The average Bonchev–Trinajstić information content (AvgIpc) is 2.36. The minimum Gasteiger partial charge on any atom is -0.393 e. The molecule has 0 unspecified atom stereocenters. The van der Waals surface area contributed by atoms with Crippen LogP contribution in [0.2, 0.25) is 0 Å². The number of rotatable bonds is 6. The quantitative estimate of drug-likeness (QED) is 0.481. The number of benzene rings is 1. The Morgan fingerprint density at radius 1 is 1.29 bits per heavy atom. The number of carbonyl (C=O) groups excluding carboxylic acids is 1. The number of unbranched alkanes of at least 4 members (excludes halogenated alkanes) is 1. The molecule has 0 bridgehead atoms. The van der Waals surface area contributed by atoms with E-state index < -0.39 is 29.0 Å². The van der Waals surface area contributed by atoms with Gasteiger partial charge in [0.25, 0.3) is 5.91 Å². The van der Waals surface area contributed by atoms with Crippen LogP contribution >= 0.6 is 12.2 Å². The number of alkyl halides is 3. The van der Waals surface area contributed by atoms with Gasteiger partial charge in [-0.2, -0.15) is 13.2 Å². The largest absolute Gasteiger partial charge is 0.419 e. The number of nitrogens with two attached hydrogens (primary N) is 1. The molecule has 3 N–H and O–H groups in total. The highest BCUT2D eigenvalue weighted by molar-refractivity contribution is 7.80. The summed E-state index contributed by atoms with van der Waals surface area (Å²) in [6.45, 7) is 0.205. The molecule has 0 saturated carbocycles. The van der Waals surface area contributed by atoms with Crippen LogP contribution in [0, 0.1) is 5.82 Å². The van der Waals surface area contributed by atoms with Crippen LogP contribution in [-0.2, 0) is 6.18 Å². The summed E-state index contributed by atoms with van der Waals surface area (Å²) in [6.07, 6.45) is -3.13. The van der Waals surface area contributed by atoms with Gasteiger partial charge in [-0.05, 0) is 31.4 Å². The molecule has 0 heterocycles. The topological polar surface area (TPSA) is 55.1 Å². The van der Waals surface area contributed by atoms with Crippen LogP contribution < -0.4 is 11.1 Å². The maximum atomic E-state index is 13.7. The Morgan fingerprint density at radius 2 is 1.95 bits per heavy atom. The van der Waals surface area contributed by atoms with Crippen LogP contribution in [0.15, 0.2) is 18.2 Å².